The zero-order chi connectivity index (χ0) is 89.6. The Balaban J connectivity index is 0.000000117. The number of nitrogens with zero attached hydrogens (tertiary/aromatic N) is 10. The standard InChI is InChI=1S/C64H36.C34H20N8.C24H16N2.BH3P.Cu/c1-5-17-37(18-6-1)53-41-25-13-14-26-42(41)54(38-19-7-2-8-20-38)62-50-34-30-46-48-32-36-52-60-51(35-31-47(58(48)60)45-29-33-49(61(53)62)59(50)57(45)46)63-55(39-21-9-3-10-22-39)43-27-15-16-28-44(43)56(64(52)63)40-23-11-4-12-24-40;1-41-31-23-15-7-8-16-24(23)32(41)38-28-20-12-4-6-14-22(20)30(36-28)40-34-26-18-10-9-17-25(26)33(42(34)2)39-29-21-13-5-3-11-19(21)27(35-29)37-31;1-3-7-17(8-4-1)19-13-15-25-23-21(19)11-12-22-20(14-16-26-24(22)23)18-9-5-2-6-10-18;1-2;/h1-36H;3-18H,1-2H2;1-16H;1H,2H2;/q;-2;;;+2/i;;;1D;. The second kappa shape index (κ2) is 32.3. The molecule has 25 aromatic rings. The quantitative estimate of drug-likeness (QED) is 0.0404. The Morgan fingerprint density at radius 3 is 0.681 bits per heavy atom. The fourth-order valence-corrected chi connectivity index (χ4v) is 21.8. The summed E-state index contributed by atoms with van der Waals surface area (Å²) in [4.78, 5) is 39.6. The molecule has 0 fully saturated rings. The summed E-state index contributed by atoms with van der Waals surface area (Å²) in [5.41, 5.74) is 33.5. The third-order valence-corrected chi connectivity index (χ3v) is 27.4. The third-order valence-electron chi connectivity index (χ3n) is 27.4. The maximum absolute atomic E-state index is 6.05. The van der Waals surface area contributed by atoms with E-state index in [2.05, 4.69) is 324 Å². The maximum atomic E-state index is 6.05. The fraction of sp³-hybridized carbons (Fsp3) is 0. The normalized spacial score (nSPS) is 11.8. The SMILES string of the molecule is [2H][B]P.[CH2-][n+]1c2nc3[n-]c(nc4[n+]([CH2-])c(nc5[n-]c(nc1-c1ccccc1-2)c1ccccc51)-c1ccccc1-4)c1ccccc31.[Cu+2].c1ccc(-c2c3c(c(-c4ccccc4)c4ccccc24)-c2ccc4c5ccc6c7c(ccc(c8ccc-3c2c84)c75)-c2c-6c(-c3ccccc3)c3ccccc3c2-c2ccccc2)cc1.c1ccc(-c2ccnc3c2ccc2c(-c4ccccc4)ccnc23)cc1. The fourth-order valence-electron chi connectivity index (χ4n) is 21.8. The maximum Gasteiger partial charge on any atom is 2.00 e. The van der Waals surface area contributed by atoms with E-state index in [0.29, 0.717) is 45.9 Å². The van der Waals surface area contributed by atoms with E-state index in [1.165, 1.54) is 183 Å². The predicted octanol–water partition coefficient (Wildman–Crippen LogP) is 29.0. The van der Waals surface area contributed by atoms with Gasteiger partial charge in [0.05, 0.1) is 11.0 Å². The number of aromatic nitrogens is 10. The van der Waals surface area contributed by atoms with Crippen molar-refractivity contribution in [3.63, 3.8) is 0 Å². The van der Waals surface area contributed by atoms with Crippen molar-refractivity contribution in [2.24, 2.45) is 0 Å². The van der Waals surface area contributed by atoms with Crippen LogP contribution in [0.3, 0.4) is 0 Å². The van der Waals surface area contributed by atoms with Crippen LogP contribution in [0.15, 0.2) is 413 Å². The van der Waals surface area contributed by atoms with Crippen molar-refractivity contribution in [1.82, 2.24) is 39.9 Å². The molecule has 20 aromatic carbocycles. The first-order valence-corrected chi connectivity index (χ1v) is 45.6. The Morgan fingerprint density at radius 2 is 0.430 bits per heavy atom. The van der Waals surface area contributed by atoms with Crippen LogP contribution >= 0.6 is 9.12 Å². The Hall–Kier alpha value is -16.8. The summed E-state index contributed by atoms with van der Waals surface area (Å²) in [6, 6.07) is 143. The van der Waals surface area contributed by atoms with Crippen molar-refractivity contribution in [1.29, 1.82) is 1.34 Å². The number of benzene rings is 20. The number of hydrogen-bond acceptors (Lipinski definition) is 6. The molecule has 5 aromatic heterocycles. The van der Waals surface area contributed by atoms with Gasteiger partial charge in [-0.1, -0.05) is 402 Å². The third kappa shape index (κ3) is 12.4. The van der Waals surface area contributed by atoms with E-state index < -0.39 is 0 Å². The van der Waals surface area contributed by atoms with Gasteiger partial charge in [-0.3, -0.25) is 9.97 Å². The molecule has 8 bridgehead atoms. The summed E-state index contributed by atoms with van der Waals surface area (Å²) < 4.78 is 9.57. The van der Waals surface area contributed by atoms with Crippen LogP contribution in [0.5, 0.6) is 0 Å². The molecule has 0 saturated heterocycles. The zero-order valence-electron chi connectivity index (χ0n) is 73.6. The smallest absolute Gasteiger partial charge is 0.419 e. The summed E-state index contributed by atoms with van der Waals surface area (Å²) >= 11 is 0. The second-order valence-corrected chi connectivity index (χ2v) is 34.3. The summed E-state index contributed by atoms with van der Waals surface area (Å²) in [5, 5.41) is 21.7. The molecule has 0 amide bonds. The van der Waals surface area contributed by atoms with E-state index >= 15 is 0 Å². The molecule has 135 heavy (non-hydrogen) atoms. The molecule has 1 unspecified atom stereocenters. The van der Waals surface area contributed by atoms with Crippen LogP contribution < -0.4 is 19.1 Å². The number of hydrogen-bond donors (Lipinski definition) is 0. The molecule has 0 N–H and O–H groups in total. The van der Waals surface area contributed by atoms with Crippen LogP contribution in [-0.4, -0.2) is 38.8 Å². The van der Waals surface area contributed by atoms with Gasteiger partial charge in [-0.05, 0) is 228 Å². The number of pyridine rings is 2. The van der Waals surface area contributed by atoms with Gasteiger partial charge in [-0.15, -0.1) is 0 Å². The van der Waals surface area contributed by atoms with E-state index in [-0.39, 0.29) is 17.1 Å². The van der Waals surface area contributed by atoms with E-state index in [4.69, 9.17) is 31.2 Å². The summed E-state index contributed by atoms with van der Waals surface area (Å²) in [5.74, 6) is 2.61. The predicted molar refractivity (Wildman–Crippen MR) is 558 cm³/mol. The topological polar surface area (TPSA) is 113 Å². The van der Waals surface area contributed by atoms with E-state index in [0.717, 1.165) is 65.6 Å². The van der Waals surface area contributed by atoms with Gasteiger partial charge in [0.2, 0.25) is 0 Å². The first-order chi connectivity index (χ1) is 66.8. The monoisotopic (exact) mass is 1790 g/mol. The van der Waals surface area contributed by atoms with Crippen LogP contribution in [0, 0.1) is 14.1 Å². The minimum atomic E-state index is 0. The molecule has 7 heterocycles. The van der Waals surface area contributed by atoms with Gasteiger partial charge in [-0.2, -0.15) is 14.1 Å². The Labute approximate surface area is 792 Å². The van der Waals surface area contributed by atoms with Gasteiger partial charge < -0.3 is 34.1 Å². The van der Waals surface area contributed by atoms with Crippen molar-refractivity contribution in [2.75, 3.05) is 0 Å². The van der Waals surface area contributed by atoms with Gasteiger partial charge in [0.1, 0.15) is 7.53 Å². The van der Waals surface area contributed by atoms with Crippen molar-refractivity contribution in [3.05, 3.63) is 427 Å². The molecule has 632 valence electrons. The van der Waals surface area contributed by atoms with Crippen LogP contribution in [0.1, 0.15) is 0 Å². The van der Waals surface area contributed by atoms with E-state index in [1.807, 2.05) is 122 Å². The average molecular weight is 1790 g/mol. The molecule has 0 spiro atoms. The molecule has 4 aliphatic rings. The Morgan fingerprint density at radius 1 is 0.215 bits per heavy atom. The van der Waals surface area contributed by atoms with Gasteiger partial charge in [-0.25, -0.2) is 0 Å². The first kappa shape index (κ1) is 79.1. The first-order valence-electron chi connectivity index (χ1n) is 45.6. The Bertz CT molecular complexity index is 8490. The summed E-state index contributed by atoms with van der Waals surface area (Å²) in [7, 11) is 12.0. The molecular formula is C122H75BCuN10P. The molecule has 2 aliphatic heterocycles. The van der Waals surface area contributed by atoms with Gasteiger partial charge >= 0.3 is 17.1 Å². The molecule has 1 atom stereocenters. The average Bonchev–Trinajstić information content (AvgIpc) is 1.50. The van der Waals surface area contributed by atoms with Gasteiger partial charge in [0, 0.05) is 63.0 Å². The van der Waals surface area contributed by atoms with Crippen molar-refractivity contribution in [3.8, 4) is 157 Å². The van der Waals surface area contributed by atoms with Crippen LogP contribution in [0.25, 0.3) is 287 Å². The molecule has 29 rings (SSSR count). The summed E-state index contributed by atoms with van der Waals surface area (Å²) in [6.45, 7) is 0. The largest absolute Gasteiger partial charge is 2.00 e. The molecule has 0 saturated carbocycles. The van der Waals surface area contributed by atoms with Gasteiger partial charge in [0.25, 0.3) is 0 Å². The minimum absolute atomic E-state index is 0. The van der Waals surface area contributed by atoms with Crippen molar-refractivity contribution in [2.45, 2.75) is 0 Å². The zero-order valence-corrected chi connectivity index (χ0v) is 74.7. The minimum Gasteiger partial charge on any atom is -0.419 e. The molecule has 2 aliphatic carbocycles. The van der Waals surface area contributed by atoms with Crippen LogP contribution in [0.2, 0.25) is 0 Å². The summed E-state index contributed by atoms with van der Waals surface area (Å²) in [6.07, 6.45) is 3.75. The van der Waals surface area contributed by atoms with Crippen LogP contribution in [-0.2, 0) is 17.1 Å². The number of fused-ring (bicyclic) bond motifs is 33. The van der Waals surface area contributed by atoms with Crippen molar-refractivity contribution < 1.29 is 26.2 Å². The molecule has 10 nitrogen and oxygen atoms in total. The van der Waals surface area contributed by atoms with E-state index in [9.17, 15) is 0 Å². The molecule has 13 heteroatoms. The second-order valence-electron chi connectivity index (χ2n) is 34.3. The van der Waals surface area contributed by atoms with Gasteiger partial charge in [0.15, 0.2) is 11.5 Å². The van der Waals surface area contributed by atoms with E-state index in [1.54, 1.807) is 9.13 Å². The van der Waals surface area contributed by atoms with Crippen molar-refractivity contribution >= 4 is 147 Å². The Kier molecular flexibility index (Phi) is 18.9. The van der Waals surface area contributed by atoms with Crippen LogP contribution in [0.4, 0.5) is 0 Å². The number of rotatable bonds is 6. The molecular weight excluding hydrogens is 1710 g/mol. The molecule has 2 radical (unpaired) electrons.